The average molecular weight is 471 g/mol. The van der Waals surface area contributed by atoms with E-state index in [1.807, 2.05) is 13.8 Å². The molecule has 0 aliphatic heterocycles. The van der Waals surface area contributed by atoms with E-state index in [0.29, 0.717) is 99.1 Å². The van der Waals surface area contributed by atoms with Crippen molar-refractivity contribution in [2.75, 3.05) is 112 Å². The van der Waals surface area contributed by atoms with E-state index in [9.17, 15) is 4.79 Å². The molecule has 0 amide bonds. The molecule has 11 heteroatoms. The van der Waals surface area contributed by atoms with Crippen LogP contribution in [0.3, 0.4) is 0 Å². The first kappa shape index (κ1) is 31.1. The van der Waals surface area contributed by atoms with E-state index in [2.05, 4.69) is 0 Å². The van der Waals surface area contributed by atoms with Gasteiger partial charge in [-0.25, -0.2) is 4.79 Å². The summed E-state index contributed by atoms with van der Waals surface area (Å²) < 4.78 is 47.7. The van der Waals surface area contributed by atoms with E-state index in [4.69, 9.17) is 47.7 Å². The smallest absolute Gasteiger partial charge is 0.329 e. The first-order valence-electron chi connectivity index (χ1n) is 11.1. The van der Waals surface area contributed by atoms with Gasteiger partial charge in [0.05, 0.1) is 112 Å². The number of hydrogen-bond acceptors (Lipinski definition) is 10. The lowest BCUT2D eigenvalue weighted by Gasteiger charge is -2.09. The highest BCUT2D eigenvalue weighted by Gasteiger charge is 1.97. The van der Waals surface area contributed by atoms with Crippen molar-refractivity contribution in [1.29, 1.82) is 0 Å². The second-order valence-corrected chi connectivity index (χ2v) is 6.65. The summed E-state index contributed by atoms with van der Waals surface area (Å²) in [5.41, 5.74) is 0. The van der Waals surface area contributed by atoms with Crippen LogP contribution in [0.4, 0.5) is 0 Å². The Labute approximate surface area is 191 Å². The van der Waals surface area contributed by atoms with Gasteiger partial charge in [0.2, 0.25) is 0 Å². The van der Waals surface area contributed by atoms with Crippen LogP contribution in [0.25, 0.3) is 0 Å². The van der Waals surface area contributed by atoms with E-state index >= 15 is 0 Å². The Morgan fingerprint density at radius 2 is 0.750 bits per heavy atom. The summed E-state index contributed by atoms with van der Waals surface area (Å²) >= 11 is 0. The molecule has 0 aromatic heterocycles. The number of carbonyl (C=O) groups is 1. The van der Waals surface area contributed by atoms with E-state index in [1.165, 1.54) is 0 Å². The topological polar surface area (TPSA) is 120 Å². The summed E-state index contributed by atoms with van der Waals surface area (Å²) in [6.07, 6.45) is 0.229. The second-order valence-electron chi connectivity index (χ2n) is 6.65. The molecule has 0 radical (unpaired) electrons. The van der Waals surface area contributed by atoms with E-state index < -0.39 is 5.97 Å². The zero-order valence-electron chi connectivity index (χ0n) is 19.6. The second kappa shape index (κ2) is 26.4. The SMILES string of the molecule is CC(C)OCCOCCOCCOCCOCCOCCOCCOCCOCC(=O)O. The van der Waals surface area contributed by atoms with Gasteiger partial charge in [-0.05, 0) is 13.8 Å². The van der Waals surface area contributed by atoms with Crippen molar-refractivity contribution in [1.82, 2.24) is 0 Å². The lowest BCUT2D eigenvalue weighted by Crippen LogP contribution is -2.15. The minimum absolute atomic E-state index is 0.229. The largest absolute Gasteiger partial charge is 0.480 e. The minimum atomic E-state index is -0.991. The highest BCUT2D eigenvalue weighted by Crippen LogP contribution is 1.88. The number of hydrogen-bond donors (Lipinski definition) is 1. The Kier molecular flexibility index (Phi) is 25.6. The summed E-state index contributed by atoms with van der Waals surface area (Å²) in [7, 11) is 0. The van der Waals surface area contributed by atoms with Crippen LogP contribution in [0.2, 0.25) is 0 Å². The molecule has 1 N–H and O–H groups in total. The summed E-state index contributed by atoms with van der Waals surface area (Å²) in [6.45, 7) is 11.4. The number of ether oxygens (including phenoxy) is 9. The highest BCUT2D eigenvalue weighted by atomic mass is 16.6. The molecule has 0 aromatic carbocycles. The first-order chi connectivity index (χ1) is 15.6. The number of carboxylic acid groups (broad SMARTS) is 1. The van der Waals surface area contributed by atoms with Crippen molar-refractivity contribution in [2.45, 2.75) is 20.0 Å². The molecule has 0 saturated carbocycles. The molecular formula is C21H42O11. The Hall–Kier alpha value is -0.890. The Balaban J connectivity index is 3.02. The number of rotatable bonds is 27. The van der Waals surface area contributed by atoms with Gasteiger partial charge in [0.1, 0.15) is 6.61 Å². The van der Waals surface area contributed by atoms with E-state index in [1.54, 1.807) is 0 Å². The van der Waals surface area contributed by atoms with Gasteiger partial charge in [0.15, 0.2) is 0 Å². The van der Waals surface area contributed by atoms with Gasteiger partial charge < -0.3 is 47.7 Å². The predicted molar refractivity (Wildman–Crippen MR) is 115 cm³/mol. The van der Waals surface area contributed by atoms with Crippen LogP contribution in [-0.4, -0.2) is 129 Å². The van der Waals surface area contributed by atoms with E-state index in [0.717, 1.165) is 0 Å². The van der Waals surface area contributed by atoms with Gasteiger partial charge >= 0.3 is 5.97 Å². The van der Waals surface area contributed by atoms with Crippen LogP contribution in [0.15, 0.2) is 0 Å². The maximum Gasteiger partial charge on any atom is 0.329 e. The summed E-state index contributed by atoms with van der Waals surface area (Å²) in [5, 5.41) is 8.39. The third-order valence-electron chi connectivity index (χ3n) is 3.51. The molecule has 32 heavy (non-hydrogen) atoms. The standard InChI is InChI=1S/C21H42O11/c1-20(2)32-18-17-30-14-13-28-10-9-26-6-5-24-3-4-25-7-8-27-11-12-29-15-16-31-19-21(22)23/h20H,3-19H2,1-2H3,(H,22,23). The fraction of sp³-hybridized carbons (Fsp3) is 0.952. The lowest BCUT2D eigenvalue weighted by molar-refractivity contribution is -0.142. The number of aliphatic carboxylic acids is 1. The number of carboxylic acids is 1. The molecule has 0 aliphatic carbocycles. The van der Waals surface area contributed by atoms with Crippen molar-refractivity contribution >= 4 is 5.97 Å². The molecule has 0 saturated heterocycles. The molecule has 0 aliphatic rings. The minimum Gasteiger partial charge on any atom is -0.480 e. The summed E-state index contributed by atoms with van der Waals surface area (Å²) in [5.74, 6) is -0.991. The van der Waals surface area contributed by atoms with Gasteiger partial charge in [-0.3, -0.25) is 0 Å². The van der Waals surface area contributed by atoms with Gasteiger partial charge in [0, 0.05) is 0 Å². The van der Waals surface area contributed by atoms with Gasteiger partial charge in [-0.1, -0.05) is 0 Å². The van der Waals surface area contributed by atoms with Crippen molar-refractivity contribution in [3.63, 3.8) is 0 Å². The van der Waals surface area contributed by atoms with Gasteiger partial charge in [-0.15, -0.1) is 0 Å². The quantitative estimate of drug-likeness (QED) is 0.170. The van der Waals surface area contributed by atoms with Crippen molar-refractivity contribution in [3.8, 4) is 0 Å². The first-order valence-corrected chi connectivity index (χ1v) is 11.1. The van der Waals surface area contributed by atoms with Crippen molar-refractivity contribution in [2.24, 2.45) is 0 Å². The highest BCUT2D eigenvalue weighted by molar-refractivity contribution is 5.67. The van der Waals surface area contributed by atoms with Crippen LogP contribution in [-0.2, 0) is 47.4 Å². The molecule has 0 unspecified atom stereocenters. The third-order valence-corrected chi connectivity index (χ3v) is 3.51. The van der Waals surface area contributed by atoms with Gasteiger partial charge in [-0.2, -0.15) is 0 Å². The van der Waals surface area contributed by atoms with E-state index in [-0.39, 0.29) is 19.3 Å². The molecule has 192 valence electrons. The Morgan fingerprint density at radius 1 is 0.500 bits per heavy atom. The molecule has 0 aromatic rings. The maximum absolute atomic E-state index is 10.2. The van der Waals surface area contributed by atoms with Crippen molar-refractivity contribution < 1.29 is 52.5 Å². The van der Waals surface area contributed by atoms with Gasteiger partial charge in [0.25, 0.3) is 0 Å². The monoisotopic (exact) mass is 470 g/mol. The van der Waals surface area contributed by atoms with Crippen LogP contribution < -0.4 is 0 Å². The summed E-state index contributed by atoms with van der Waals surface area (Å²) in [6, 6.07) is 0. The van der Waals surface area contributed by atoms with Crippen molar-refractivity contribution in [3.05, 3.63) is 0 Å². The zero-order chi connectivity index (χ0) is 23.5. The maximum atomic E-state index is 10.2. The molecule has 0 atom stereocenters. The molecule has 0 rings (SSSR count). The van der Waals surface area contributed by atoms with Crippen LogP contribution >= 0.6 is 0 Å². The zero-order valence-corrected chi connectivity index (χ0v) is 19.6. The average Bonchev–Trinajstić information content (AvgIpc) is 2.75. The van der Waals surface area contributed by atoms with Crippen LogP contribution in [0.1, 0.15) is 13.8 Å². The molecule has 0 heterocycles. The molecule has 0 fully saturated rings. The van der Waals surface area contributed by atoms with Crippen LogP contribution in [0.5, 0.6) is 0 Å². The fourth-order valence-electron chi connectivity index (χ4n) is 2.04. The molecule has 0 bridgehead atoms. The Morgan fingerprint density at radius 3 is 1.00 bits per heavy atom. The molecule has 0 spiro atoms. The fourth-order valence-corrected chi connectivity index (χ4v) is 2.04. The van der Waals surface area contributed by atoms with Crippen LogP contribution in [0, 0.1) is 0 Å². The Bertz CT molecular complexity index is 383. The molecule has 11 nitrogen and oxygen atoms in total. The lowest BCUT2D eigenvalue weighted by atomic mass is 10.5. The summed E-state index contributed by atoms with van der Waals surface area (Å²) in [4.78, 5) is 10.2. The predicted octanol–water partition coefficient (Wildman–Crippen LogP) is 0.629. The normalized spacial score (nSPS) is 11.5. The molecular weight excluding hydrogens is 428 g/mol. The third kappa shape index (κ3) is 29.1.